The van der Waals surface area contributed by atoms with Crippen LogP contribution in [-0.4, -0.2) is 29.8 Å². The Bertz CT molecular complexity index is 285. The molecule has 14 heavy (non-hydrogen) atoms. The first-order valence-electron chi connectivity index (χ1n) is 4.73. The highest BCUT2D eigenvalue weighted by molar-refractivity contribution is 5.37. The smallest absolute Gasteiger partial charge is 0.127 e. The van der Waals surface area contributed by atoms with E-state index in [1.54, 1.807) is 13.8 Å². The van der Waals surface area contributed by atoms with Gasteiger partial charge in [0.2, 0.25) is 0 Å². The second kappa shape index (κ2) is 3.96. The zero-order valence-corrected chi connectivity index (χ0v) is 9.28. The zero-order valence-electron chi connectivity index (χ0n) is 9.28. The highest BCUT2D eigenvalue weighted by Gasteiger charge is 2.13. The van der Waals surface area contributed by atoms with Gasteiger partial charge >= 0.3 is 0 Å². The summed E-state index contributed by atoms with van der Waals surface area (Å²) >= 11 is 0. The largest absolute Gasteiger partial charge is 0.390 e. The van der Waals surface area contributed by atoms with Gasteiger partial charge in [-0.15, -0.1) is 0 Å². The molecule has 0 fully saturated rings. The highest BCUT2D eigenvalue weighted by Crippen LogP contribution is 2.13. The van der Waals surface area contributed by atoms with Crippen molar-refractivity contribution >= 4 is 5.82 Å². The number of rotatable bonds is 3. The molecule has 0 spiro atoms. The molecular formula is C11H18N2O. The Hall–Kier alpha value is -1.09. The number of aliphatic hydroxyl groups is 1. The average molecular weight is 194 g/mol. The van der Waals surface area contributed by atoms with Crippen LogP contribution in [0.1, 0.15) is 19.4 Å². The van der Waals surface area contributed by atoms with E-state index in [1.807, 2.05) is 37.3 Å². The molecule has 0 aliphatic carbocycles. The standard InChI is InChI=1S/C11H18N2O/c1-11(2,14)7-9-5-6-10(12-8-9)13(3)4/h5-6,8,14H,7H2,1-4H3. The molecule has 3 heteroatoms. The van der Waals surface area contributed by atoms with Crippen LogP contribution < -0.4 is 4.90 Å². The summed E-state index contributed by atoms with van der Waals surface area (Å²) in [6.07, 6.45) is 2.45. The van der Waals surface area contributed by atoms with Gasteiger partial charge in [0, 0.05) is 26.7 Å². The summed E-state index contributed by atoms with van der Waals surface area (Å²) in [5.74, 6) is 0.935. The Balaban J connectivity index is 2.74. The summed E-state index contributed by atoms with van der Waals surface area (Å²) in [6, 6.07) is 3.96. The van der Waals surface area contributed by atoms with Gasteiger partial charge in [-0.05, 0) is 25.5 Å². The molecular weight excluding hydrogens is 176 g/mol. The maximum atomic E-state index is 9.61. The molecule has 1 aromatic rings. The van der Waals surface area contributed by atoms with Gasteiger partial charge in [0.15, 0.2) is 0 Å². The highest BCUT2D eigenvalue weighted by atomic mass is 16.3. The molecule has 1 rings (SSSR count). The van der Waals surface area contributed by atoms with E-state index in [0.29, 0.717) is 6.42 Å². The first kappa shape index (κ1) is 11.0. The van der Waals surface area contributed by atoms with Crippen molar-refractivity contribution in [1.29, 1.82) is 0 Å². The molecule has 0 unspecified atom stereocenters. The Kier molecular flexibility index (Phi) is 3.11. The second-order valence-electron chi connectivity index (χ2n) is 4.41. The molecule has 0 saturated carbocycles. The predicted octanol–water partition coefficient (Wildman–Crippen LogP) is 1.46. The number of hydrogen-bond donors (Lipinski definition) is 1. The lowest BCUT2D eigenvalue weighted by atomic mass is 10.0. The molecule has 1 N–H and O–H groups in total. The molecule has 1 heterocycles. The summed E-state index contributed by atoms with van der Waals surface area (Å²) in [6.45, 7) is 3.60. The third kappa shape index (κ3) is 3.34. The van der Waals surface area contributed by atoms with Gasteiger partial charge in [0.1, 0.15) is 5.82 Å². The second-order valence-corrected chi connectivity index (χ2v) is 4.41. The number of aromatic nitrogens is 1. The van der Waals surface area contributed by atoms with Gasteiger partial charge in [0.25, 0.3) is 0 Å². The fourth-order valence-corrected chi connectivity index (χ4v) is 1.29. The van der Waals surface area contributed by atoms with Crippen LogP contribution in [0.5, 0.6) is 0 Å². The van der Waals surface area contributed by atoms with E-state index >= 15 is 0 Å². The third-order valence-electron chi connectivity index (χ3n) is 1.90. The van der Waals surface area contributed by atoms with Crippen LogP contribution in [0.3, 0.4) is 0 Å². The van der Waals surface area contributed by atoms with Crippen molar-refractivity contribution in [3.63, 3.8) is 0 Å². The lowest BCUT2D eigenvalue weighted by molar-refractivity contribution is 0.0809. The minimum atomic E-state index is -0.665. The maximum absolute atomic E-state index is 9.61. The first-order valence-corrected chi connectivity index (χ1v) is 4.73. The van der Waals surface area contributed by atoms with Crippen LogP contribution in [0.25, 0.3) is 0 Å². The van der Waals surface area contributed by atoms with Gasteiger partial charge in [-0.1, -0.05) is 6.07 Å². The minimum Gasteiger partial charge on any atom is -0.390 e. The van der Waals surface area contributed by atoms with Crippen molar-refractivity contribution in [1.82, 2.24) is 4.98 Å². The lowest BCUT2D eigenvalue weighted by Crippen LogP contribution is -2.22. The average Bonchev–Trinajstić information content (AvgIpc) is 2.02. The normalized spacial score (nSPS) is 11.5. The van der Waals surface area contributed by atoms with Crippen LogP contribution in [-0.2, 0) is 6.42 Å². The minimum absolute atomic E-state index is 0.633. The van der Waals surface area contributed by atoms with Gasteiger partial charge in [0.05, 0.1) is 5.60 Å². The van der Waals surface area contributed by atoms with E-state index in [9.17, 15) is 5.11 Å². The molecule has 3 nitrogen and oxygen atoms in total. The quantitative estimate of drug-likeness (QED) is 0.791. The molecule has 0 radical (unpaired) electrons. The Morgan fingerprint density at radius 2 is 2.00 bits per heavy atom. The van der Waals surface area contributed by atoms with E-state index in [1.165, 1.54) is 0 Å². The summed E-state index contributed by atoms with van der Waals surface area (Å²) < 4.78 is 0. The van der Waals surface area contributed by atoms with E-state index in [-0.39, 0.29) is 0 Å². The molecule has 78 valence electrons. The van der Waals surface area contributed by atoms with Gasteiger partial charge in [-0.25, -0.2) is 4.98 Å². The molecule has 0 bridgehead atoms. The van der Waals surface area contributed by atoms with Crippen molar-refractivity contribution < 1.29 is 5.11 Å². The maximum Gasteiger partial charge on any atom is 0.127 e. The number of pyridine rings is 1. The molecule has 0 aromatic carbocycles. The van der Waals surface area contributed by atoms with Crippen molar-refractivity contribution in [3.8, 4) is 0 Å². The first-order chi connectivity index (χ1) is 6.38. The van der Waals surface area contributed by atoms with Gasteiger partial charge in [-0.3, -0.25) is 0 Å². The number of nitrogens with zero attached hydrogens (tertiary/aromatic N) is 2. The van der Waals surface area contributed by atoms with Gasteiger partial charge in [-0.2, -0.15) is 0 Å². The molecule has 0 atom stereocenters. The van der Waals surface area contributed by atoms with Crippen LogP contribution in [0.15, 0.2) is 18.3 Å². The van der Waals surface area contributed by atoms with E-state index in [4.69, 9.17) is 0 Å². The van der Waals surface area contributed by atoms with Crippen molar-refractivity contribution in [2.24, 2.45) is 0 Å². The molecule has 1 aromatic heterocycles. The summed E-state index contributed by atoms with van der Waals surface area (Å²) in [5.41, 5.74) is 0.393. The van der Waals surface area contributed by atoms with Crippen molar-refractivity contribution in [2.45, 2.75) is 25.9 Å². The molecule has 0 aliphatic heterocycles. The summed E-state index contributed by atoms with van der Waals surface area (Å²) in [5, 5.41) is 9.61. The number of hydrogen-bond acceptors (Lipinski definition) is 3. The topological polar surface area (TPSA) is 36.4 Å². The van der Waals surface area contributed by atoms with Gasteiger partial charge < -0.3 is 10.0 Å². The molecule has 0 saturated heterocycles. The summed E-state index contributed by atoms with van der Waals surface area (Å²) in [4.78, 5) is 6.23. The predicted molar refractivity (Wildman–Crippen MR) is 58.6 cm³/mol. The Labute approximate surface area is 85.4 Å². The SMILES string of the molecule is CN(C)c1ccc(CC(C)(C)O)cn1. The third-order valence-corrected chi connectivity index (χ3v) is 1.90. The Morgan fingerprint density at radius 1 is 1.36 bits per heavy atom. The van der Waals surface area contributed by atoms with Crippen LogP contribution in [0.4, 0.5) is 5.82 Å². The monoisotopic (exact) mass is 194 g/mol. The van der Waals surface area contributed by atoms with E-state index in [0.717, 1.165) is 11.4 Å². The van der Waals surface area contributed by atoms with Crippen molar-refractivity contribution in [3.05, 3.63) is 23.9 Å². The lowest BCUT2D eigenvalue weighted by Gasteiger charge is -2.17. The molecule has 0 amide bonds. The van der Waals surface area contributed by atoms with Crippen LogP contribution in [0.2, 0.25) is 0 Å². The van der Waals surface area contributed by atoms with E-state index < -0.39 is 5.60 Å². The van der Waals surface area contributed by atoms with Crippen LogP contribution in [0, 0.1) is 0 Å². The zero-order chi connectivity index (χ0) is 10.8. The molecule has 0 aliphatic rings. The number of anilines is 1. The Morgan fingerprint density at radius 3 is 2.36 bits per heavy atom. The summed E-state index contributed by atoms with van der Waals surface area (Å²) in [7, 11) is 3.91. The van der Waals surface area contributed by atoms with Crippen LogP contribution >= 0.6 is 0 Å². The fourth-order valence-electron chi connectivity index (χ4n) is 1.29. The van der Waals surface area contributed by atoms with E-state index in [2.05, 4.69) is 4.98 Å². The van der Waals surface area contributed by atoms with Crippen molar-refractivity contribution in [2.75, 3.05) is 19.0 Å². The fraction of sp³-hybridized carbons (Fsp3) is 0.545.